The minimum Gasteiger partial charge on any atom is -0.352 e. The average molecular weight is 609 g/mol. The van der Waals surface area contributed by atoms with Crippen LogP contribution in [0.3, 0.4) is 0 Å². The molecule has 1 N–H and O–H groups in total. The van der Waals surface area contributed by atoms with E-state index in [1.807, 2.05) is 44.2 Å². The fraction of sp³-hybridized carbons (Fsp3) is 0.310. The normalized spacial score (nSPS) is 12.8. The minimum atomic E-state index is -4.01. The maximum atomic E-state index is 14.0. The van der Waals surface area contributed by atoms with E-state index in [1.165, 1.54) is 11.0 Å². The standard InChI is InChI=1S/C29H32Cl2FN3O4S/c1-4-20(2)33-29(37)27(16-21-10-6-5-7-11-21)34(18-22-12-8-9-13-24(22)30)28(36)19-35(40(3,38)39)23-14-15-26(32)25(31)17-23/h5-15,17,20,27H,4,16,18-19H2,1-3H3,(H,33,37)/t20-,27-/m0/s1. The molecule has 0 aliphatic carbocycles. The second kappa shape index (κ2) is 14.0. The summed E-state index contributed by atoms with van der Waals surface area (Å²) in [6, 6.07) is 18.4. The van der Waals surface area contributed by atoms with E-state index in [-0.39, 0.29) is 35.6 Å². The van der Waals surface area contributed by atoms with Crippen molar-refractivity contribution in [3.63, 3.8) is 0 Å². The Hall–Kier alpha value is -3.14. The first-order valence-electron chi connectivity index (χ1n) is 12.7. The van der Waals surface area contributed by atoms with E-state index >= 15 is 0 Å². The molecule has 2 atom stereocenters. The molecule has 3 aromatic rings. The van der Waals surface area contributed by atoms with Gasteiger partial charge in [0.1, 0.15) is 18.4 Å². The van der Waals surface area contributed by atoms with Crippen molar-refractivity contribution >= 4 is 50.7 Å². The van der Waals surface area contributed by atoms with Crippen LogP contribution in [0.2, 0.25) is 10.0 Å². The van der Waals surface area contributed by atoms with E-state index in [1.54, 1.807) is 24.3 Å². The Morgan fingerprint density at radius 2 is 1.62 bits per heavy atom. The molecule has 2 amide bonds. The lowest BCUT2D eigenvalue weighted by Gasteiger charge is -2.34. The average Bonchev–Trinajstić information content (AvgIpc) is 2.91. The molecule has 7 nitrogen and oxygen atoms in total. The molecule has 40 heavy (non-hydrogen) atoms. The predicted molar refractivity (Wildman–Crippen MR) is 157 cm³/mol. The summed E-state index contributed by atoms with van der Waals surface area (Å²) >= 11 is 12.4. The molecule has 0 heterocycles. The molecule has 0 unspecified atom stereocenters. The lowest BCUT2D eigenvalue weighted by Crippen LogP contribution is -2.54. The molecule has 0 fully saturated rings. The molecular formula is C29H32Cl2FN3O4S. The van der Waals surface area contributed by atoms with Gasteiger partial charge in [0.2, 0.25) is 21.8 Å². The first-order chi connectivity index (χ1) is 18.9. The van der Waals surface area contributed by atoms with Gasteiger partial charge in [-0.1, -0.05) is 78.7 Å². The summed E-state index contributed by atoms with van der Waals surface area (Å²) in [5.41, 5.74) is 1.42. The van der Waals surface area contributed by atoms with Gasteiger partial charge in [-0.3, -0.25) is 13.9 Å². The Morgan fingerprint density at radius 1 is 0.975 bits per heavy atom. The zero-order chi connectivity index (χ0) is 29.4. The maximum Gasteiger partial charge on any atom is 0.244 e. The number of rotatable bonds is 12. The van der Waals surface area contributed by atoms with Crippen molar-refractivity contribution in [2.45, 2.75) is 45.3 Å². The molecule has 3 rings (SSSR count). The van der Waals surface area contributed by atoms with Crippen LogP contribution in [0.1, 0.15) is 31.4 Å². The number of sulfonamides is 1. The number of carbonyl (C=O) groups is 2. The van der Waals surface area contributed by atoms with Gasteiger partial charge in [0.15, 0.2) is 0 Å². The van der Waals surface area contributed by atoms with Gasteiger partial charge in [-0.05, 0) is 48.7 Å². The third-order valence-corrected chi connectivity index (χ3v) is 8.24. The predicted octanol–water partition coefficient (Wildman–Crippen LogP) is 5.45. The van der Waals surface area contributed by atoms with Gasteiger partial charge < -0.3 is 10.2 Å². The van der Waals surface area contributed by atoms with Gasteiger partial charge >= 0.3 is 0 Å². The highest BCUT2D eigenvalue weighted by atomic mass is 35.5. The van der Waals surface area contributed by atoms with Crippen LogP contribution in [0.4, 0.5) is 10.1 Å². The molecule has 11 heteroatoms. The molecule has 214 valence electrons. The quantitative estimate of drug-likeness (QED) is 0.296. The fourth-order valence-corrected chi connectivity index (χ4v) is 5.27. The fourth-order valence-electron chi connectivity index (χ4n) is 4.06. The number of hydrogen-bond donors (Lipinski definition) is 1. The second-order valence-electron chi connectivity index (χ2n) is 9.50. The van der Waals surface area contributed by atoms with Crippen molar-refractivity contribution in [1.82, 2.24) is 10.2 Å². The van der Waals surface area contributed by atoms with E-state index in [9.17, 15) is 22.4 Å². The van der Waals surface area contributed by atoms with Crippen molar-refractivity contribution in [2.75, 3.05) is 17.1 Å². The molecule has 0 bridgehead atoms. The van der Waals surface area contributed by atoms with Crippen LogP contribution >= 0.6 is 23.2 Å². The molecular weight excluding hydrogens is 576 g/mol. The zero-order valence-electron chi connectivity index (χ0n) is 22.5. The largest absolute Gasteiger partial charge is 0.352 e. The number of nitrogens with one attached hydrogen (secondary N) is 1. The minimum absolute atomic E-state index is 0.0172. The molecule has 0 saturated carbocycles. The van der Waals surface area contributed by atoms with Gasteiger partial charge in [-0.15, -0.1) is 0 Å². The highest BCUT2D eigenvalue weighted by Gasteiger charge is 2.33. The van der Waals surface area contributed by atoms with Gasteiger partial charge in [0.25, 0.3) is 0 Å². The summed E-state index contributed by atoms with van der Waals surface area (Å²) < 4.78 is 40.3. The van der Waals surface area contributed by atoms with Crippen molar-refractivity contribution in [2.24, 2.45) is 0 Å². The third-order valence-electron chi connectivity index (χ3n) is 6.44. The lowest BCUT2D eigenvalue weighted by atomic mass is 10.0. The molecule has 0 radical (unpaired) electrons. The number of halogens is 3. The summed E-state index contributed by atoms with van der Waals surface area (Å²) in [5.74, 6) is -1.75. The van der Waals surface area contributed by atoms with Crippen LogP contribution in [-0.4, -0.2) is 50.0 Å². The smallest absolute Gasteiger partial charge is 0.244 e. The summed E-state index contributed by atoms with van der Waals surface area (Å²) in [6.45, 7) is 3.10. The summed E-state index contributed by atoms with van der Waals surface area (Å²) in [6.07, 6.45) is 1.79. The Balaban J connectivity index is 2.08. The third kappa shape index (κ3) is 8.43. The van der Waals surface area contributed by atoms with Crippen LogP contribution in [0, 0.1) is 5.82 Å². The number of anilines is 1. The number of nitrogens with zero attached hydrogens (tertiary/aromatic N) is 2. The Kier molecular flexibility index (Phi) is 11.0. The van der Waals surface area contributed by atoms with Crippen LogP contribution in [0.5, 0.6) is 0 Å². The first-order valence-corrected chi connectivity index (χ1v) is 15.3. The lowest BCUT2D eigenvalue weighted by molar-refractivity contribution is -0.140. The van der Waals surface area contributed by atoms with E-state index in [0.29, 0.717) is 17.0 Å². The SMILES string of the molecule is CC[C@H](C)NC(=O)[C@H](Cc1ccccc1)N(Cc1ccccc1Cl)C(=O)CN(c1ccc(F)c(Cl)c1)S(C)(=O)=O. The van der Waals surface area contributed by atoms with Crippen LogP contribution in [-0.2, 0) is 32.6 Å². The molecule has 0 saturated heterocycles. The van der Waals surface area contributed by atoms with Crippen molar-refractivity contribution in [3.05, 3.63) is 99.8 Å². The summed E-state index contributed by atoms with van der Waals surface area (Å²) in [5, 5.41) is 3.06. The van der Waals surface area contributed by atoms with Gasteiger partial charge in [0, 0.05) is 24.0 Å². The van der Waals surface area contributed by atoms with E-state index in [2.05, 4.69) is 5.32 Å². The number of carbonyl (C=O) groups excluding carboxylic acids is 2. The molecule has 0 aliphatic rings. The van der Waals surface area contributed by atoms with Gasteiger partial charge in [0.05, 0.1) is 17.0 Å². The van der Waals surface area contributed by atoms with E-state index < -0.39 is 34.3 Å². The monoisotopic (exact) mass is 607 g/mol. The first kappa shape index (κ1) is 31.4. The second-order valence-corrected chi connectivity index (χ2v) is 12.2. The van der Waals surface area contributed by atoms with Crippen LogP contribution in [0.15, 0.2) is 72.8 Å². The Bertz CT molecular complexity index is 1440. The van der Waals surface area contributed by atoms with E-state index in [0.717, 1.165) is 28.3 Å². The molecule has 0 aliphatic heterocycles. The van der Waals surface area contributed by atoms with Gasteiger partial charge in [-0.2, -0.15) is 0 Å². The Morgan fingerprint density at radius 3 is 2.23 bits per heavy atom. The van der Waals surface area contributed by atoms with E-state index in [4.69, 9.17) is 23.2 Å². The summed E-state index contributed by atoms with van der Waals surface area (Å²) in [4.78, 5) is 29.0. The zero-order valence-corrected chi connectivity index (χ0v) is 24.8. The maximum absolute atomic E-state index is 14.0. The van der Waals surface area contributed by atoms with Crippen molar-refractivity contribution < 1.29 is 22.4 Å². The molecule has 0 spiro atoms. The Labute approximate surface area is 244 Å². The number of hydrogen-bond acceptors (Lipinski definition) is 4. The topological polar surface area (TPSA) is 86.8 Å². The number of amides is 2. The molecule has 3 aromatic carbocycles. The summed E-state index contributed by atoms with van der Waals surface area (Å²) in [7, 11) is -4.01. The highest BCUT2D eigenvalue weighted by Crippen LogP contribution is 2.26. The highest BCUT2D eigenvalue weighted by molar-refractivity contribution is 7.92. The van der Waals surface area contributed by atoms with Crippen molar-refractivity contribution in [3.8, 4) is 0 Å². The molecule has 0 aromatic heterocycles. The van der Waals surface area contributed by atoms with Crippen LogP contribution < -0.4 is 9.62 Å². The van der Waals surface area contributed by atoms with Gasteiger partial charge in [-0.25, -0.2) is 12.8 Å². The number of benzene rings is 3. The van der Waals surface area contributed by atoms with Crippen LogP contribution in [0.25, 0.3) is 0 Å². The van der Waals surface area contributed by atoms with Crippen molar-refractivity contribution in [1.29, 1.82) is 0 Å².